The van der Waals surface area contributed by atoms with Gasteiger partial charge in [-0.1, -0.05) is 6.07 Å². The van der Waals surface area contributed by atoms with E-state index < -0.39 is 0 Å². The molecule has 0 aromatic carbocycles. The largest absolute Gasteiger partial charge is 0.379 e. The third kappa shape index (κ3) is 6.14. The Balaban J connectivity index is 0.00000225. The highest BCUT2D eigenvalue weighted by Crippen LogP contribution is 2.28. The first-order chi connectivity index (χ1) is 11.8. The summed E-state index contributed by atoms with van der Waals surface area (Å²) in [6.07, 6.45) is 7.64. The molecule has 138 valence electrons. The molecule has 0 bridgehead atoms. The second-order valence-electron chi connectivity index (χ2n) is 6.36. The zero-order valence-electron chi connectivity index (χ0n) is 15.0. The lowest BCUT2D eigenvalue weighted by Gasteiger charge is -2.21. The number of imidazole rings is 1. The highest BCUT2D eigenvalue weighted by atomic mass is 127. The molecule has 7 heteroatoms. The van der Waals surface area contributed by atoms with Crippen molar-refractivity contribution in [3.63, 3.8) is 0 Å². The second-order valence-corrected chi connectivity index (χ2v) is 6.36. The lowest BCUT2D eigenvalue weighted by atomic mass is 10.3. The number of hydrogen-bond acceptors (Lipinski definition) is 3. The van der Waals surface area contributed by atoms with Gasteiger partial charge in [-0.3, -0.25) is 4.99 Å². The number of ether oxygens (including phenoxy) is 1. The van der Waals surface area contributed by atoms with E-state index in [0.717, 1.165) is 55.9 Å². The van der Waals surface area contributed by atoms with E-state index in [-0.39, 0.29) is 24.0 Å². The van der Waals surface area contributed by atoms with Crippen LogP contribution in [0.1, 0.15) is 18.5 Å². The minimum absolute atomic E-state index is 0. The fourth-order valence-corrected chi connectivity index (χ4v) is 2.64. The van der Waals surface area contributed by atoms with Crippen LogP contribution in [0.3, 0.4) is 0 Å². The SMILES string of the molecule is CN=C(NCCc1cn2ccccc2n1)N(C)CCOCC1CC1.I. The van der Waals surface area contributed by atoms with Crippen molar-refractivity contribution < 1.29 is 4.74 Å². The molecule has 1 saturated carbocycles. The number of guanidine groups is 1. The minimum Gasteiger partial charge on any atom is -0.379 e. The predicted octanol–water partition coefficient (Wildman–Crippen LogP) is 2.43. The average Bonchev–Trinajstić information content (AvgIpc) is 3.32. The molecule has 1 aliphatic carbocycles. The highest BCUT2D eigenvalue weighted by Gasteiger charge is 2.21. The smallest absolute Gasteiger partial charge is 0.193 e. The van der Waals surface area contributed by atoms with Crippen LogP contribution in [0, 0.1) is 5.92 Å². The molecule has 0 saturated heterocycles. The van der Waals surface area contributed by atoms with E-state index in [1.54, 1.807) is 0 Å². The van der Waals surface area contributed by atoms with Crippen LogP contribution in [-0.2, 0) is 11.2 Å². The molecule has 2 aromatic heterocycles. The summed E-state index contributed by atoms with van der Waals surface area (Å²) in [6, 6.07) is 6.04. The van der Waals surface area contributed by atoms with E-state index in [2.05, 4.69) is 26.4 Å². The number of pyridine rings is 1. The van der Waals surface area contributed by atoms with Crippen LogP contribution in [0.5, 0.6) is 0 Å². The number of halogens is 1. The van der Waals surface area contributed by atoms with Crippen molar-refractivity contribution in [2.24, 2.45) is 10.9 Å². The van der Waals surface area contributed by atoms with Crippen LogP contribution in [0.25, 0.3) is 5.65 Å². The molecule has 0 amide bonds. The van der Waals surface area contributed by atoms with Crippen LogP contribution in [0.2, 0.25) is 0 Å². The maximum Gasteiger partial charge on any atom is 0.193 e. The summed E-state index contributed by atoms with van der Waals surface area (Å²) in [5, 5.41) is 3.40. The summed E-state index contributed by atoms with van der Waals surface area (Å²) in [7, 11) is 3.86. The quantitative estimate of drug-likeness (QED) is 0.287. The van der Waals surface area contributed by atoms with Gasteiger partial charge in [0.1, 0.15) is 5.65 Å². The predicted molar refractivity (Wildman–Crippen MR) is 112 cm³/mol. The third-order valence-electron chi connectivity index (χ3n) is 4.27. The molecule has 2 heterocycles. The number of rotatable bonds is 8. The van der Waals surface area contributed by atoms with Crippen molar-refractivity contribution in [1.29, 1.82) is 0 Å². The van der Waals surface area contributed by atoms with Crippen LogP contribution in [-0.4, -0.2) is 60.6 Å². The van der Waals surface area contributed by atoms with Crippen molar-refractivity contribution in [2.75, 3.05) is 40.4 Å². The molecule has 0 unspecified atom stereocenters. The maximum absolute atomic E-state index is 5.69. The normalized spacial score (nSPS) is 14.4. The lowest BCUT2D eigenvalue weighted by molar-refractivity contribution is 0.115. The number of likely N-dealkylation sites (N-methyl/N-ethyl adjacent to an activating group) is 1. The monoisotopic (exact) mass is 457 g/mol. The third-order valence-corrected chi connectivity index (χ3v) is 4.27. The van der Waals surface area contributed by atoms with E-state index in [0.29, 0.717) is 0 Å². The van der Waals surface area contributed by atoms with Gasteiger partial charge in [0.05, 0.1) is 12.3 Å². The van der Waals surface area contributed by atoms with Gasteiger partial charge in [0.15, 0.2) is 5.96 Å². The van der Waals surface area contributed by atoms with Crippen molar-refractivity contribution >= 4 is 35.6 Å². The molecule has 2 aromatic rings. The summed E-state index contributed by atoms with van der Waals surface area (Å²) < 4.78 is 7.74. The summed E-state index contributed by atoms with van der Waals surface area (Å²) in [4.78, 5) is 11.1. The van der Waals surface area contributed by atoms with Gasteiger partial charge in [0.25, 0.3) is 0 Å². The van der Waals surface area contributed by atoms with Gasteiger partial charge in [-0.2, -0.15) is 0 Å². The van der Waals surface area contributed by atoms with Crippen LogP contribution in [0.4, 0.5) is 0 Å². The van der Waals surface area contributed by atoms with Crippen molar-refractivity contribution in [3.05, 3.63) is 36.3 Å². The van der Waals surface area contributed by atoms with Crippen molar-refractivity contribution in [2.45, 2.75) is 19.3 Å². The molecule has 1 fully saturated rings. The molecular formula is C18H28IN5O. The van der Waals surface area contributed by atoms with Gasteiger partial charge >= 0.3 is 0 Å². The highest BCUT2D eigenvalue weighted by molar-refractivity contribution is 14.0. The Morgan fingerprint density at radius 1 is 1.44 bits per heavy atom. The molecule has 6 nitrogen and oxygen atoms in total. The Morgan fingerprint density at radius 2 is 2.28 bits per heavy atom. The Kier molecular flexibility index (Phi) is 7.95. The number of hydrogen-bond donors (Lipinski definition) is 1. The number of nitrogens with one attached hydrogen (secondary N) is 1. The Labute approximate surface area is 166 Å². The fraction of sp³-hybridized carbons (Fsp3) is 0.556. The molecule has 0 atom stereocenters. The summed E-state index contributed by atoms with van der Waals surface area (Å²) in [6.45, 7) is 3.32. The van der Waals surface area contributed by atoms with E-state index in [1.165, 1.54) is 12.8 Å². The van der Waals surface area contributed by atoms with Crippen molar-refractivity contribution in [3.8, 4) is 0 Å². The van der Waals surface area contributed by atoms with Gasteiger partial charge in [0.2, 0.25) is 0 Å². The van der Waals surface area contributed by atoms with E-state index >= 15 is 0 Å². The zero-order valence-corrected chi connectivity index (χ0v) is 17.3. The zero-order chi connectivity index (χ0) is 16.8. The number of nitrogens with zero attached hydrogens (tertiary/aromatic N) is 4. The second kappa shape index (κ2) is 9.96. The first kappa shape index (κ1) is 20.0. The molecular weight excluding hydrogens is 429 g/mol. The molecule has 25 heavy (non-hydrogen) atoms. The summed E-state index contributed by atoms with van der Waals surface area (Å²) in [5.41, 5.74) is 2.07. The number of aliphatic imine (C=N–C) groups is 1. The lowest BCUT2D eigenvalue weighted by Crippen LogP contribution is -2.41. The molecule has 1 N–H and O–H groups in total. The summed E-state index contributed by atoms with van der Waals surface area (Å²) >= 11 is 0. The minimum atomic E-state index is 0. The summed E-state index contributed by atoms with van der Waals surface area (Å²) in [5.74, 6) is 1.71. The fourth-order valence-electron chi connectivity index (χ4n) is 2.64. The average molecular weight is 457 g/mol. The first-order valence-electron chi connectivity index (χ1n) is 8.68. The molecule has 3 rings (SSSR count). The number of aromatic nitrogens is 2. The van der Waals surface area contributed by atoms with Crippen molar-refractivity contribution in [1.82, 2.24) is 19.6 Å². The molecule has 0 aliphatic heterocycles. The molecule has 0 spiro atoms. The Bertz CT molecular complexity index is 650. The topological polar surface area (TPSA) is 54.2 Å². The van der Waals surface area contributed by atoms with E-state index in [4.69, 9.17) is 4.74 Å². The van der Waals surface area contributed by atoms with Crippen LogP contribution >= 0.6 is 24.0 Å². The Morgan fingerprint density at radius 3 is 3.00 bits per heavy atom. The van der Waals surface area contributed by atoms with Gasteiger partial charge in [-0.25, -0.2) is 4.98 Å². The molecule has 0 radical (unpaired) electrons. The standard InChI is InChI=1S/C18H27N5O.HI/c1-19-18(22(2)11-12-24-14-15-6-7-15)20-9-8-16-13-23-10-4-3-5-17(23)21-16;/h3-5,10,13,15H,6-9,11-12,14H2,1-2H3,(H,19,20);1H. The van der Waals surface area contributed by atoms with Gasteiger partial charge in [-0.05, 0) is 30.9 Å². The maximum atomic E-state index is 5.69. The Hall–Kier alpha value is -1.35. The van der Waals surface area contributed by atoms with Gasteiger partial charge < -0.3 is 19.4 Å². The van der Waals surface area contributed by atoms with E-state index in [1.807, 2.05) is 42.9 Å². The van der Waals surface area contributed by atoms with Crippen LogP contribution < -0.4 is 5.32 Å². The molecule has 1 aliphatic rings. The first-order valence-corrected chi connectivity index (χ1v) is 8.68. The van der Waals surface area contributed by atoms with E-state index in [9.17, 15) is 0 Å². The van der Waals surface area contributed by atoms with Crippen LogP contribution in [0.15, 0.2) is 35.6 Å². The van der Waals surface area contributed by atoms with Gasteiger partial charge in [-0.15, -0.1) is 24.0 Å². The number of fused-ring (bicyclic) bond motifs is 1. The van der Waals surface area contributed by atoms with Gasteiger partial charge in [0, 0.05) is 52.6 Å².